The van der Waals surface area contributed by atoms with E-state index in [1.165, 1.54) is 12.1 Å². The zero-order chi connectivity index (χ0) is 14.5. The summed E-state index contributed by atoms with van der Waals surface area (Å²) in [7, 11) is 0. The van der Waals surface area contributed by atoms with Gasteiger partial charge in [0.15, 0.2) is 0 Å². The van der Waals surface area contributed by atoms with Crippen molar-refractivity contribution in [3.8, 4) is 5.75 Å². The molecule has 0 aliphatic carbocycles. The molecule has 2 aromatic rings. The molecule has 2 rings (SSSR count). The first-order valence-corrected chi connectivity index (χ1v) is 6.27. The van der Waals surface area contributed by atoms with Crippen molar-refractivity contribution in [2.75, 3.05) is 11.9 Å². The molecule has 1 heterocycles. The first-order chi connectivity index (χ1) is 9.60. The number of aromatic nitrogens is 2. The Morgan fingerprint density at radius 1 is 1.40 bits per heavy atom. The smallest absolute Gasteiger partial charge is 0.276 e. The van der Waals surface area contributed by atoms with Crippen LogP contribution < -0.4 is 15.6 Å². The van der Waals surface area contributed by atoms with Gasteiger partial charge in [0.2, 0.25) is 0 Å². The second kappa shape index (κ2) is 6.21. The Labute approximate surface area is 119 Å². The van der Waals surface area contributed by atoms with Crippen LogP contribution in [0.25, 0.3) is 0 Å². The van der Waals surface area contributed by atoms with Crippen molar-refractivity contribution in [2.45, 2.75) is 6.92 Å². The minimum Gasteiger partial charge on any atom is -0.492 e. The van der Waals surface area contributed by atoms with Gasteiger partial charge in [-0.15, -0.1) is 0 Å². The molecule has 7 heteroatoms. The van der Waals surface area contributed by atoms with Gasteiger partial charge in [0.25, 0.3) is 11.5 Å². The number of carbonyl (C=O) groups excluding carboxylic acids is 1. The number of H-pyrrole nitrogens is 1. The molecule has 0 unspecified atom stereocenters. The van der Waals surface area contributed by atoms with Gasteiger partial charge in [-0.3, -0.25) is 9.59 Å². The molecule has 104 valence electrons. The number of hydrogen-bond acceptors (Lipinski definition) is 4. The molecule has 0 radical (unpaired) electrons. The molecule has 1 aromatic carbocycles. The number of nitrogens with one attached hydrogen (secondary N) is 2. The SMILES string of the molecule is CCOc1ccc(NC(=O)c2ccc(=O)[nH]n2)cc1Cl. The number of carbonyl (C=O) groups is 1. The molecule has 0 bridgehead atoms. The Balaban J connectivity index is 2.13. The maximum absolute atomic E-state index is 11.9. The summed E-state index contributed by atoms with van der Waals surface area (Å²) >= 11 is 6.02. The summed E-state index contributed by atoms with van der Waals surface area (Å²) in [6, 6.07) is 7.48. The van der Waals surface area contributed by atoms with Crippen molar-refractivity contribution in [1.82, 2.24) is 10.2 Å². The Morgan fingerprint density at radius 2 is 2.20 bits per heavy atom. The van der Waals surface area contributed by atoms with Crippen LogP contribution in [-0.2, 0) is 0 Å². The predicted octanol–water partition coefficient (Wildman–Crippen LogP) is 2.07. The van der Waals surface area contributed by atoms with Crippen LogP contribution in [0.15, 0.2) is 35.1 Å². The van der Waals surface area contributed by atoms with Crippen LogP contribution in [0.5, 0.6) is 5.75 Å². The number of aromatic amines is 1. The van der Waals surface area contributed by atoms with Gasteiger partial charge in [-0.1, -0.05) is 11.6 Å². The highest BCUT2D eigenvalue weighted by Crippen LogP contribution is 2.27. The van der Waals surface area contributed by atoms with E-state index in [-0.39, 0.29) is 11.3 Å². The lowest BCUT2D eigenvalue weighted by molar-refractivity contribution is 0.102. The van der Waals surface area contributed by atoms with Crippen molar-refractivity contribution >= 4 is 23.2 Å². The van der Waals surface area contributed by atoms with E-state index in [0.717, 1.165) is 0 Å². The number of ether oxygens (including phenoxy) is 1. The predicted molar refractivity (Wildman–Crippen MR) is 75.4 cm³/mol. The van der Waals surface area contributed by atoms with Crippen molar-refractivity contribution < 1.29 is 9.53 Å². The van der Waals surface area contributed by atoms with Gasteiger partial charge >= 0.3 is 0 Å². The quantitative estimate of drug-likeness (QED) is 0.904. The van der Waals surface area contributed by atoms with Gasteiger partial charge in [-0.2, -0.15) is 5.10 Å². The Hall–Kier alpha value is -2.34. The normalized spacial score (nSPS) is 10.1. The maximum atomic E-state index is 11.9. The highest BCUT2D eigenvalue weighted by molar-refractivity contribution is 6.32. The van der Waals surface area contributed by atoms with E-state index in [1.807, 2.05) is 6.92 Å². The van der Waals surface area contributed by atoms with Gasteiger partial charge in [0.1, 0.15) is 11.4 Å². The number of anilines is 1. The van der Waals surface area contributed by atoms with Crippen LogP contribution in [0.3, 0.4) is 0 Å². The fourth-order valence-electron chi connectivity index (χ4n) is 1.52. The number of hydrogen-bond donors (Lipinski definition) is 2. The third kappa shape index (κ3) is 3.36. The van der Waals surface area contributed by atoms with Crippen molar-refractivity contribution in [2.24, 2.45) is 0 Å². The van der Waals surface area contributed by atoms with Gasteiger partial charge < -0.3 is 10.1 Å². The van der Waals surface area contributed by atoms with E-state index in [0.29, 0.717) is 23.1 Å². The molecule has 0 aliphatic heterocycles. The van der Waals surface area contributed by atoms with Crippen LogP contribution in [0.4, 0.5) is 5.69 Å². The van der Waals surface area contributed by atoms with Crippen LogP contribution in [-0.4, -0.2) is 22.7 Å². The first kappa shape index (κ1) is 14.1. The number of benzene rings is 1. The van der Waals surface area contributed by atoms with Crippen LogP contribution in [0, 0.1) is 0 Å². The maximum Gasteiger partial charge on any atom is 0.276 e. The van der Waals surface area contributed by atoms with Crippen LogP contribution in [0.1, 0.15) is 17.4 Å². The Bertz CT molecular complexity index is 664. The molecule has 2 N–H and O–H groups in total. The molecular weight excluding hydrogens is 282 g/mol. The van der Waals surface area contributed by atoms with Crippen molar-refractivity contribution in [3.05, 3.63) is 51.4 Å². The second-order valence-corrected chi connectivity index (χ2v) is 4.25. The lowest BCUT2D eigenvalue weighted by Crippen LogP contribution is -2.17. The first-order valence-electron chi connectivity index (χ1n) is 5.89. The monoisotopic (exact) mass is 293 g/mol. The molecule has 0 saturated carbocycles. The largest absolute Gasteiger partial charge is 0.492 e. The summed E-state index contributed by atoms with van der Waals surface area (Å²) in [5.74, 6) is 0.107. The van der Waals surface area contributed by atoms with E-state index in [2.05, 4.69) is 15.5 Å². The van der Waals surface area contributed by atoms with E-state index in [1.54, 1.807) is 18.2 Å². The Kier molecular flexibility index (Phi) is 4.37. The summed E-state index contributed by atoms with van der Waals surface area (Å²) in [5, 5.41) is 8.85. The minimum absolute atomic E-state index is 0.106. The van der Waals surface area contributed by atoms with E-state index < -0.39 is 5.91 Å². The molecule has 0 atom stereocenters. The number of halogens is 1. The summed E-state index contributed by atoms with van der Waals surface area (Å²) in [6.45, 7) is 2.36. The molecule has 6 nitrogen and oxygen atoms in total. The van der Waals surface area contributed by atoms with Gasteiger partial charge in [0, 0.05) is 11.8 Å². The lowest BCUT2D eigenvalue weighted by atomic mass is 10.3. The minimum atomic E-state index is -0.443. The zero-order valence-electron chi connectivity index (χ0n) is 10.6. The molecule has 20 heavy (non-hydrogen) atoms. The van der Waals surface area contributed by atoms with Crippen molar-refractivity contribution in [1.29, 1.82) is 0 Å². The van der Waals surface area contributed by atoms with Crippen LogP contribution >= 0.6 is 11.6 Å². The average Bonchev–Trinajstić information content (AvgIpc) is 2.42. The van der Waals surface area contributed by atoms with Gasteiger partial charge in [-0.25, -0.2) is 5.10 Å². The zero-order valence-corrected chi connectivity index (χ0v) is 11.4. The van der Waals surface area contributed by atoms with E-state index >= 15 is 0 Å². The molecule has 0 aliphatic rings. The average molecular weight is 294 g/mol. The van der Waals surface area contributed by atoms with Crippen molar-refractivity contribution in [3.63, 3.8) is 0 Å². The third-order valence-electron chi connectivity index (χ3n) is 2.40. The number of amides is 1. The summed E-state index contributed by atoms with van der Waals surface area (Å²) in [6.07, 6.45) is 0. The molecule has 0 saturated heterocycles. The summed E-state index contributed by atoms with van der Waals surface area (Å²) in [4.78, 5) is 22.7. The standard InChI is InChI=1S/C13H12ClN3O3/c1-2-20-11-5-3-8(7-9(11)14)15-13(19)10-4-6-12(18)17-16-10/h3-7H,2H2,1H3,(H,15,19)(H,17,18). The summed E-state index contributed by atoms with van der Waals surface area (Å²) in [5.41, 5.74) is 0.247. The second-order valence-electron chi connectivity index (χ2n) is 3.84. The third-order valence-corrected chi connectivity index (χ3v) is 2.70. The number of rotatable bonds is 4. The Morgan fingerprint density at radius 3 is 2.80 bits per heavy atom. The number of nitrogens with zero attached hydrogens (tertiary/aromatic N) is 1. The van der Waals surface area contributed by atoms with Crippen LogP contribution in [0.2, 0.25) is 5.02 Å². The molecular formula is C13H12ClN3O3. The molecule has 1 aromatic heterocycles. The molecule has 0 fully saturated rings. The van der Waals surface area contributed by atoms with Gasteiger partial charge in [-0.05, 0) is 31.2 Å². The fourth-order valence-corrected chi connectivity index (χ4v) is 1.75. The summed E-state index contributed by atoms with van der Waals surface area (Å²) < 4.78 is 5.30. The van der Waals surface area contributed by atoms with Gasteiger partial charge in [0.05, 0.1) is 11.6 Å². The van der Waals surface area contributed by atoms with E-state index in [9.17, 15) is 9.59 Å². The fraction of sp³-hybridized carbons (Fsp3) is 0.154. The highest BCUT2D eigenvalue weighted by Gasteiger charge is 2.09. The van der Waals surface area contributed by atoms with E-state index in [4.69, 9.17) is 16.3 Å². The highest BCUT2D eigenvalue weighted by atomic mass is 35.5. The molecule has 1 amide bonds. The lowest BCUT2D eigenvalue weighted by Gasteiger charge is -2.08. The molecule has 0 spiro atoms. The topological polar surface area (TPSA) is 84.1 Å².